The molecule has 0 saturated heterocycles. The molecule has 2 aliphatic rings. The summed E-state index contributed by atoms with van der Waals surface area (Å²) in [6.45, 7) is 2.35. The maximum Gasteiger partial charge on any atom is 0.373 e. The number of nitrogens with zero attached hydrogens (tertiary/aromatic N) is 2. The fourth-order valence-corrected chi connectivity index (χ4v) is 6.66. The highest BCUT2D eigenvalue weighted by Gasteiger charge is 2.26. The molecule has 276 valence electrons. The number of carbonyl (C=O) groups excluding carboxylic acids is 4. The Labute approximate surface area is 317 Å². The van der Waals surface area contributed by atoms with Gasteiger partial charge in [0.2, 0.25) is 0 Å². The van der Waals surface area contributed by atoms with Crippen LogP contribution in [-0.4, -0.2) is 33.3 Å². The first-order chi connectivity index (χ1) is 27.2. The number of nitrogens with one attached hydrogen (secondary N) is 2. The van der Waals surface area contributed by atoms with Crippen molar-refractivity contribution in [1.29, 1.82) is 0 Å². The Morgan fingerprint density at radius 1 is 0.732 bits per heavy atom. The second-order valence-electron chi connectivity index (χ2n) is 12.3. The van der Waals surface area contributed by atoms with Crippen molar-refractivity contribution in [2.45, 2.75) is 20.0 Å². The van der Waals surface area contributed by atoms with Gasteiger partial charge in [-0.15, -0.1) is 0 Å². The van der Waals surface area contributed by atoms with Crippen molar-refractivity contribution in [3.63, 3.8) is 0 Å². The molecule has 8 rings (SSSR count). The number of carboxylic acids is 1. The molecule has 13 heteroatoms. The summed E-state index contributed by atoms with van der Waals surface area (Å²) >= 11 is 0. The molecule has 1 aliphatic carbocycles. The first kappa shape index (κ1) is 37.8. The van der Waals surface area contributed by atoms with Crippen LogP contribution in [0.4, 0.5) is 17.1 Å². The summed E-state index contributed by atoms with van der Waals surface area (Å²) in [6.07, 6.45) is 2.25. The number of fused-ring (bicyclic) bond motifs is 4. The first-order valence-corrected chi connectivity index (χ1v) is 17.0. The third kappa shape index (κ3) is 7.57. The monoisotopic (exact) mass is 745 g/mol. The number of rotatable bonds is 8. The van der Waals surface area contributed by atoms with Crippen LogP contribution in [0.2, 0.25) is 0 Å². The van der Waals surface area contributed by atoms with Gasteiger partial charge in [0.05, 0.1) is 33.5 Å². The van der Waals surface area contributed by atoms with Gasteiger partial charge in [-0.3, -0.25) is 14.8 Å². The molecule has 4 aromatic carbocycles. The van der Waals surface area contributed by atoms with Crippen LogP contribution in [0.15, 0.2) is 125 Å². The number of anilines is 3. The molecule has 56 heavy (non-hydrogen) atoms. The number of carboxylic acid groups (broad SMARTS) is 1. The van der Waals surface area contributed by atoms with Gasteiger partial charge in [0, 0.05) is 63.5 Å². The highest BCUT2D eigenvalue weighted by molar-refractivity contribution is 6.09. The second-order valence-corrected chi connectivity index (χ2v) is 12.3. The Kier molecular flexibility index (Phi) is 11.3. The predicted molar refractivity (Wildman–Crippen MR) is 209 cm³/mol. The molecular weight excluding hydrogens is 715 g/mol. The Morgan fingerprint density at radius 2 is 1.38 bits per heavy atom. The first-order valence-electron chi connectivity index (χ1n) is 17.0. The van der Waals surface area contributed by atoms with E-state index in [1.54, 1.807) is 42.6 Å². The van der Waals surface area contributed by atoms with E-state index in [9.17, 15) is 14.7 Å². The molecule has 0 fully saturated rings. The third-order valence-electron chi connectivity index (χ3n) is 9.09. The van der Waals surface area contributed by atoms with Crippen molar-refractivity contribution in [1.82, 2.24) is 9.97 Å². The van der Waals surface area contributed by atoms with Crippen LogP contribution in [-0.2, 0) is 32.3 Å². The molecule has 0 unspecified atom stereocenters. The van der Waals surface area contributed by atoms with Crippen LogP contribution in [0, 0.1) is 6.92 Å². The lowest BCUT2D eigenvalue weighted by molar-refractivity contribution is -0.193. The van der Waals surface area contributed by atoms with Gasteiger partial charge in [-0.05, 0) is 67.1 Å². The number of nitrogen functional groups attached to an aromatic ring is 1. The number of carbonyl (C=O) groups is 1. The summed E-state index contributed by atoms with van der Waals surface area (Å²) in [5, 5.41) is 19.8. The fraction of sp³-hybridized carbons (Fsp3) is 0.0698. The van der Waals surface area contributed by atoms with Gasteiger partial charge in [0.25, 0.3) is 0 Å². The number of hydrogen-bond acceptors (Lipinski definition) is 12. The van der Waals surface area contributed by atoms with Gasteiger partial charge in [0.1, 0.15) is 11.3 Å². The van der Waals surface area contributed by atoms with E-state index >= 15 is 0 Å². The number of aromatic carboxylic acids is 1. The lowest BCUT2D eigenvalue weighted by Gasteiger charge is -2.21. The average molecular weight is 746 g/mol. The van der Waals surface area contributed by atoms with E-state index in [1.165, 1.54) is 6.07 Å². The van der Waals surface area contributed by atoms with Crippen molar-refractivity contribution in [3.05, 3.63) is 148 Å². The smallest absolute Gasteiger partial charge is 0.373 e. The molecule has 0 saturated carbocycles. The number of aromatic nitrogens is 2. The highest BCUT2D eigenvalue weighted by atomic mass is 16.4. The maximum atomic E-state index is 13.7. The standard InChI is InChI=1S/C41H31N5O4.2CO2/c1-23-14-15-25-8-5-13-34(38(25)46-23)45-22-31-35(47)19-17-29-36(26-10-2-3-11-27(26)41(48)49)28-16-18-32(42)30(39(28)50-40(29)31)21-44-33-12-4-7-24-9-6-20-43-37(24)33;2*2-1-3/h2-20,44-45H,21-22,42H2,1H3,(H,48,49);;. The minimum atomic E-state index is -1.07. The molecule has 1 aliphatic heterocycles. The Morgan fingerprint density at radius 3 is 2.09 bits per heavy atom. The third-order valence-corrected chi connectivity index (χ3v) is 9.09. The molecule has 0 bridgehead atoms. The lowest BCUT2D eigenvalue weighted by Crippen LogP contribution is -2.15. The SMILES string of the molecule is Cc1ccc2cccc(NCc3c4oc5c(CNc6cccc7cccnc67)c(N)ccc5c(-c5ccccc5C(=O)O)c-4ccc3=O)c2n1.O=C=O.O=C=O. The van der Waals surface area contributed by atoms with E-state index < -0.39 is 5.97 Å². The van der Waals surface area contributed by atoms with Crippen LogP contribution in [0.3, 0.4) is 0 Å². The van der Waals surface area contributed by atoms with Gasteiger partial charge < -0.3 is 25.9 Å². The summed E-state index contributed by atoms with van der Waals surface area (Å²) in [7, 11) is 0. The van der Waals surface area contributed by atoms with E-state index in [2.05, 4.69) is 15.6 Å². The highest BCUT2D eigenvalue weighted by Crippen LogP contribution is 2.44. The summed E-state index contributed by atoms with van der Waals surface area (Å²) < 4.78 is 6.76. The summed E-state index contributed by atoms with van der Waals surface area (Å²) in [5.74, 6) is -0.722. The molecule has 0 radical (unpaired) electrons. The molecule has 3 heterocycles. The van der Waals surface area contributed by atoms with E-state index in [0.717, 1.165) is 38.9 Å². The zero-order chi connectivity index (χ0) is 39.8. The molecule has 2 aromatic heterocycles. The molecule has 5 N–H and O–H groups in total. The van der Waals surface area contributed by atoms with Crippen molar-refractivity contribution >= 4 is 68.1 Å². The number of aryl methyl sites for hydroxylation is 1. The Bertz CT molecular complexity index is 2840. The van der Waals surface area contributed by atoms with Gasteiger partial charge in [-0.25, -0.2) is 4.79 Å². The molecular formula is C43H31N5O8. The molecule has 6 aromatic rings. The number of hydrogen-bond donors (Lipinski definition) is 4. The van der Waals surface area contributed by atoms with Crippen molar-refractivity contribution in [2.24, 2.45) is 0 Å². The molecule has 13 nitrogen and oxygen atoms in total. The van der Waals surface area contributed by atoms with Gasteiger partial charge in [-0.1, -0.05) is 54.6 Å². The van der Waals surface area contributed by atoms with Crippen LogP contribution < -0.4 is 21.8 Å². The quantitative estimate of drug-likeness (QED) is 0.0889. The van der Waals surface area contributed by atoms with Crippen molar-refractivity contribution in [2.75, 3.05) is 16.4 Å². The topological polar surface area (TPSA) is 212 Å². The predicted octanol–water partition coefficient (Wildman–Crippen LogP) is 7.31. The lowest BCUT2D eigenvalue weighted by atomic mass is 9.88. The zero-order valence-electron chi connectivity index (χ0n) is 29.7. The van der Waals surface area contributed by atoms with Crippen LogP contribution >= 0.6 is 0 Å². The Balaban J connectivity index is 0.000000834. The van der Waals surface area contributed by atoms with Crippen molar-refractivity contribution in [3.8, 4) is 22.5 Å². The van der Waals surface area contributed by atoms with E-state index in [-0.39, 0.29) is 36.4 Å². The molecule has 0 spiro atoms. The molecule has 0 amide bonds. The van der Waals surface area contributed by atoms with E-state index in [1.807, 2.05) is 73.7 Å². The minimum absolute atomic E-state index is 0.128. The Hall–Kier alpha value is -7.98. The van der Waals surface area contributed by atoms with Crippen LogP contribution in [0.5, 0.6) is 0 Å². The normalized spacial score (nSPS) is 10.4. The second kappa shape index (κ2) is 16.8. The average Bonchev–Trinajstić information content (AvgIpc) is 3.20. The van der Waals surface area contributed by atoms with E-state index in [4.69, 9.17) is 34.3 Å². The summed E-state index contributed by atoms with van der Waals surface area (Å²) in [4.78, 5) is 68.0. The van der Waals surface area contributed by atoms with Gasteiger partial charge in [0.15, 0.2) is 5.43 Å². The van der Waals surface area contributed by atoms with Gasteiger partial charge in [-0.2, -0.15) is 19.2 Å². The maximum absolute atomic E-state index is 13.7. The zero-order valence-corrected chi connectivity index (χ0v) is 29.7. The number of para-hydroxylation sites is 2. The number of pyridine rings is 2. The molecule has 0 atom stereocenters. The number of benzene rings is 5. The summed E-state index contributed by atoms with van der Waals surface area (Å²) in [5.41, 5.74) is 14.4. The number of nitrogens with two attached hydrogens (primary N) is 1. The van der Waals surface area contributed by atoms with Crippen LogP contribution in [0.25, 0.3) is 55.2 Å². The van der Waals surface area contributed by atoms with Gasteiger partial charge >= 0.3 is 18.3 Å². The minimum Gasteiger partial charge on any atom is -0.478 e. The largest absolute Gasteiger partial charge is 0.478 e. The van der Waals surface area contributed by atoms with Crippen LogP contribution in [0.1, 0.15) is 27.2 Å². The fourth-order valence-electron chi connectivity index (χ4n) is 6.66. The van der Waals surface area contributed by atoms with E-state index in [0.29, 0.717) is 50.2 Å². The summed E-state index contributed by atoms with van der Waals surface area (Å²) in [6, 6.07) is 33.3. The van der Waals surface area contributed by atoms with Crippen molar-refractivity contribution < 1.29 is 33.5 Å².